The van der Waals surface area contributed by atoms with Gasteiger partial charge in [-0.1, -0.05) is 36.4 Å². The minimum Gasteiger partial charge on any atom is -0.497 e. The zero-order valence-corrected chi connectivity index (χ0v) is 18.4. The van der Waals surface area contributed by atoms with Gasteiger partial charge in [-0.05, 0) is 60.0 Å². The third-order valence-electron chi connectivity index (χ3n) is 6.04. The molecule has 0 bridgehead atoms. The van der Waals surface area contributed by atoms with Gasteiger partial charge in [0.2, 0.25) is 5.91 Å². The first-order valence-corrected chi connectivity index (χ1v) is 11.3. The number of piperidine rings is 1. The molecule has 0 spiro atoms. The Hall–Kier alpha value is -3.12. The Kier molecular flexibility index (Phi) is 6.09. The van der Waals surface area contributed by atoms with E-state index in [2.05, 4.69) is 18.2 Å². The van der Waals surface area contributed by atoms with Gasteiger partial charge in [0.25, 0.3) is 5.91 Å². The smallest absolute Gasteiger partial charge is 0.254 e. The SMILES string of the molecule is COc1cccc(C(=O)N2CCC[C@](Cc3ccccc3-c3cccs3)(C(N)=O)C2)c1. The second-order valence-corrected chi connectivity index (χ2v) is 8.97. The maximum Gasteiger partial charge on any atom is 0.254 e. The molecule has 160 valence electrons. The number of ether oxygens (including phenoxy) is 1. The molecular weight excluding hydrogens is 408 g/mol. The summed E-state index contributed by atoms with van der Waals surface area (Å²) < 4.78 is 5.26. The fourth-order valence-electron chi connectivity index (χ4n) is 4.39. The van der Waals surface area contributed by atoms with E-state index in [9.17, 15) is 9.59 Å². The lowest BCUT2D eigenvalue weighted by atomic mass is 9.73. The minimum atomic E-state index is -0.792. The first-order chi connectivity index (χ1) is 15.0. The monoisotopic (exact) mass is 434 g/mol. The van der Waals surface area contributed by atoms with Crippen LogP contribution in [0.4, 0.5) is 0 Å². The normalized spacial score (nSPS) is 18.5. The molecule has 2 amide bonds. The molecule has 1 atom stereocenters. The molecule has 0 unspecified atom stereocenters. The summed E-state index contributed by atoms with van der Waals surface area (Å²) in [5.41, 5.74) is 7.94. The summed E-state index contributed by atoms with van der Waals surface area (Å²) in [6.07, 6.45) is 1.92. The van der Waals surface area contributed by atoms with Crippen molar-refractivity contribution in [2.45, 2.75) is 19.3 Å². The lowest BCUT2D eigenvalue weighted by Gasteiger charge is -2.41. The van der Waals surface area contributed by atoms with Gasteiger partial charge in [0.05, 0.1) is 12.5 Å². The van der Waals surface area contributed by atoms with E-state index in [1.165, 1.54) is 0 Å². The molecule has 1 aromatic heterocycles. The standard InChI is InChI=1S/C25H26N2O3S/c1-30-20-9-4-8-18(15-20)23(28)27-13-6-12-25(17-27,24(26)29)16-19-7-2-3-10-21(19)22-11-5-14-31-22/h2-5,7-11,14-15H,6,12-13,16-17H2,1H3,(H2,26,29)/t25-/m1/s1. The first kappa shape index (κ1) is 21.1. The second kappa shape index (κ2) is 8.94. The molecule has 1 aliphatic rings. The fraction of sp³-hybridized carbons (Fsp3) is 0.280. The summed E-state index contributed by atoms with van der Waals surface area (Å²) >= 11 is 1.67. The van der Waals surface area contributed by atoms with Crippen LogP contribution in [-0.4, -0.2) is 36.9 Å². The molecule has 0 radical (unpaired) electrons. The van der Waals surface area contributed by atoms with Gasteiger partial charge in [-0.3, -0.25) is 9.59 Å². The van der Waals surface area contributed by atoms with E-state index in [0.29, 0.717) is 37.2 Å². The van der Waals surface area contributed by atoms with Crippen molar-refractivity contribution in [3.05, 3.63) is 77.2 Å². The van der Waals surface area contributed by atoms with Crippen molar-refractivity contribution in [2.75, 3.05) is 20.2 Å². The average molecular weight is 435 g/mol. The van der Waals surface area contributed by atoms with Crippen molar-refractivity contribution in [2.24, 2.45) is 11.1 Å². The highest BCUT2D eigenvalue weighted by atomic mass is 32.1. The summed E-state index contributed by atoms with van der Waals surface area (Å²) in [6.45, 7) is 0.925. The van der Waals surface area contributed by atoms with Crippen LogP contribution in [0.2, 0.25) is 0 Å². The molecule has 2 N–H and O–H groups in total. The number of rotatable bonds is 6. The molecule has 0 saturated carbocycles. The molecular formula is C25H26N2O3S. The van der Waals surface area contributed by atoms with Crippen LogP contribution in [0.15, 0.2) is 66.0 Å². The van der Waals surface area contributed by atoms with Gasteiger partial charge in [-0.15, -0.1) is 11.3 Å². The Morgan fingerprint density at radius 2 is 1.97 bits per heavy atom. The number of carbonyl (C=O) groups is 2. The highest BCUT2D eigenvalue weighted by Gasteiger charge is 2.42. The van der Waals surface area contributed by atoms with Crippen molar-refractivity contribution in [3.63, 3.8) is 0 Å². The van der Waals surface area contributed by atoms with Crippen molar-refractivity contribution in [1.82, 2.24) is 4.90 Å². The van der Waals surface area contributed by atoms with Gasteiger partial charge in [0.1, 0.15) is 5.75 Å². The van der Waals surface area contributed by atoms with Crippen LogP contribution >= 0.6 is 11.3 Å². The zero-order valence-electron chi connectivity index (χ0n) is 17.5. The number of hydrogen-bond donors (Lipinski definition) is 1. The number of benzene rings is 2. The van der Waals surface area contributed by atoms with Gasteiger partial charge in [-0.25, -0.2) is 0 Å². The van der Waals surface area contributed by atoms with Crippen LogP contribution < -0.4 is 10.5 Å². The third-order valence-corrected chi connectivity index (χ3v) is 6.94. The van der Waals surface area contributed by atoms with Gasteiger partial charge < -0.3 is 15.4 Å². The van der Waals surface area contributed by atoms with Crippen LogP contribution in [0.5, 0.6) is 5.75 Å². The van der Waals surface area contributed by atoms with Crippen LogP contribution in [0, 0.1) is 5.41 Å². The van der Waals surface area contributed by atoms with E-state index < -0.39 is 5.41 Å². The summed E-state index contributed by atoms with van der Waals surface area (Å²) in [4.78, 5) is 28.9. The molecule has 2 heterocycles. The van der Waals surface area contributed by atoms with E-state index >= 15 is 0 Å². The Balaban J connectivity index is 1.63. The number of nitrogens with two attached hydrogens (primary N) is 1. The maximum atomic E-state index is 13.2. The largest absolute Gasteiger partial charge is 0.497 e. The highest BCUT2D eigenvalue weighted by Crippen LogP contribution is 2.38. The number of methoxy groups -OCH3 is 1. The summed E-state index contributed by atoms with van der Waals surface area (Å²) in [7, 11) is 1.58. The molecule has 1 aliphatic heterocycles. The van der Waals surface area contributed by atoms with Crippen LogP contribution in [0.1, 0.15) is 28.8 Å². The molecule has 31 heavy (non-hydrogen) atoms. The third kappa shape index (κ3) is 4.35. The van der Waals surface area contributed by atoms with Crippen molar-refractivity contribution >= 4 is 23.2 Å². The molecule has 5 nitrogen and oxygen atoms in total. The molecule has 4 rings (SSSR count). The van der Waals surface area contributed by atoms with E-state index in [0.717, 1.165) is 22.4 Å². The molecule has 3 aromatic rings. The van der Waals surface area contributed by atoms with Crippen molar-refractivity contribution in [3.8, 4) is 16.2 Å². The Morgan fingerprint density at radius 3 is 2.71 bits per heavy atom. The number of carbonyl (C=O) groups excluding carboxylic acids is 2. The summed E-state index contributed by atoms with van der Waals surface area (Å²) in [6, 6.07) is 19.4. The Morgan fingerprint density at radius 1 is 1.13 bits per heavy atom. The number of likely N-dealkylation sites (tertiary alicyclic amines) is 1. The van der Waals surface area contributed by atoms with E-state index in [1.807, 2.05) is 29.6 Å². The molecule has 6 heteroatoms. The van der Waals surface area contributed by atoms with Gasteiger partial charge in [0, 0.05) is 23.5 Å². The van der Waals surface area contributed by atoms with Gasteiger partial charge in [0.15, 0.2) is 0 Å². The van der Waals surface area contributed by atoms with Gasteiger partial charge in [-0.2, -0.15) is 0 Å². The van der Waals surface area contributed by atoms with E-state index in [1.54, 1.807) is 41.5 Å². The topological polar surface area (TPSA) is 72.6 Å². The number of hydrogen-bond acceptors (Lipinski definition) is 4. The van der Waals surface area contributed by atoms with Crippen molar-refractivity contribution in [1.29, 1.82) is 0 Å². The fourth-order valence-corrected chi connectivity index (χ4v) is 5.17. The van der Waals surface area contributed by atoms with Gasteiger partial charge >= 0.3 is 0 Å². The van der Waals surface area contributed by atoms with E-state index in [4.69, 9.17) is 10.5 Å². The highest BCUT2D eigenvalue weighted by molar-refractivity contribution is 7.13. The first-order valence-electron chi connectivity index (χ1n) is 10.4. The minimum absolute atomic E-state index is 0.101. The Bertz CT molecular complexity index is 1080. The zero-order chi connectivity index (χ0) is 21.8. The van der Waals surface area contributed by atoms with Crippen LogP contribution in [0.25, 0.3) is 10.4 Å². The number of thiophene rings is 1. The number of nitrogens with zero attached hydrogens (tertiary/aromatic N) is 1. The summed E-state index contributed by atoms with van der Waals surface area (Å²) in [5, 5.41) is 2.05. The Labute approximate surface area is 186 Å². The van der Waals surface area contributed by atoms with Crippen LogP contribution in [0.3, 0.4) is 0 Å². The molecule has 0 aliphatic carbocycles. The second-order valence-electron chi connectivity index (χ2n) is 8.02. The van der Waals surface area contributed by atoms with Crippen LogP contribution in [-0.2, 0) is 11.2 Å². The summed E-state index contributed by atoms with van der Waals surface area (Å²) in [5.74, 6) is 0.182. The van der Waals surface area contributed by atoms with Crippen molar-refractivity contribution < 1.29 is 14.3 Å². The number of primary amides is 1. The van der Waals surface area contributed by atoms with E-state index in [-0.39, 0.29) is 11.8 Å². The molecule has 1 saturated heterocycles. The lowest BCUT2D eigenvalue weighted by molar-refractivity contribution is -0.130. The molecule has 2 aromatic carbocycles. The maximum absolute atomic E-state index is 13.2. The quantitative estimate of drug-likeness (QED) is 0.626. The molecule has 1 fully saturated rings. The lowest BCUT2D eigenvalue weighted by Crippen LogP contribution is -2.53. The predicted molar refractivity (Wildman–Crippen MR) is 123 cm³/mol. The average Bonchev–Trinajstić information content (AvgIpc) is 3.34. The number of amides is 2. The predicted octanol–water partition coefficient (Wildman–Crippen LogP) is 4.37.